The van der Waals surface area contributed by atoms with Crippen molar-refractivity contribution in [2.45, 2.75) is 0 Å². The lowest BCUT2D eigenvalue weighted by molar-refractivity contribution is 0.0601. The molecule has 0 saturated carbocycles. The fourth-order valence-electron chi connectivity index (χ4n) is 2.34. The van der Waals surface area contributed by atoms with Gasteiger partial charge in [0, 0.05) is 24.8 Å². The lowest BCUT2D eigenvalue weighted by Gasteiger charge is -2.11. The molecule has 2 aromatic heterocycles. The molecule has 0 unspecified atom stereocenters. The molecule has 3 aromatic rings. The van der Waals surface area contributed by atoms with E-state index in [-0.39, 0.29) is 5.97 Å². The highest BCUT2D eigenvalue weighted by Crippen LogP contribution is 2.32. The Hall–Kier alpha value is -3.01. The second-order valence-corrected chi connectivity index (χ2v) is 4.72. The normalized spacial score (nSPS) is 10.2. The van der Waals surface area contributed by atoms with Gasteiger partial charge < -0.3 is 4.74 Å². The maximum atomic E-state index is 11.8. The highest BCUT2D eigenvalue weighted by Gasteiger charge is 2.12. The first-order chi connectivity index (χ1) is 10.8. The average Bonchev–Trinajstić information content (AvgIpc) is 2.62. The molecule has 4 nitrogen and oxygen atoms in total. The van der Waals surface area contributed by atoms with Gasteiger partial charge in [0.15, 0.2) is 0 Å². The Bertz CT molecular complexity index is 787. The molecule has 0 bridgehead atoms. The Labute approximate surface area is 128 Å². The lowest BCUT2D eigenvalue weighted by Crippen LogP contribution is -2.01. The van der Waals surface area contributed by atoms with Gasteiger partial charge in [0.25, 0.3) is 0 Å². The summed E-state index contributed by atoms with van der Waals surface area (Å²) >= 11 is 0. The highest BCUT2D eigenvalue weighted by molar-refractivity contribution is 5.94. The summed E-state index contributed by atoms with van der Waals surface area (Å²) in [6, 6.07) is 13.3. The molecule has 4 heteroatoms. The van der Waals surface area contributed by atoms with Gasteiger partial charge in [-0.3, -0.25) is 9.97 Å². The van der Waals surface area contributed by atoms with E-state index in [1.54, 1.807) is 30.9 Å². The summed E-state index contributed by atoms with van der Waals surface area (Å²) in [6.45, 7) is 0. The van der Waals surface area contributed by atoms with Gasteiger partial charge in [-0.05, 0) is 58.7 Å². The van der Waals surface area contributed by atoms with Crippen molar-refractivity contribution in [3.05, 3.63) is 72.8 Å². The van der Waals surface area contributed by atoms with E-state index in [1.807, 2.05) is 36.4 Å². The van der Waals surface area contributed by atoms with Crippen LogP contribution in [0.25, 0.3) is 22.3 Å². The summed E-state index contributed by atoms with van der Waals surface area (Å²) in [4.78, 5) is 19.9. The third-order valence-corrected chi connectivity index (χ3v) is 3.42. The molecule has 0 fully saturated rings. The second kappa shape index (κ2) is 6.18. The van der Waals surface area contributed by atoms with E-state index in [4.69, 9.17) is 4.74 Å². The number of ether oxygens (including phenoxy) is 1. The Balaban J connectivity index is 2.20. The van der Waals surface area contributed by atoms with Crippen molar-refractivity contribution >= 4 is 5.97 Å². The van der Waals surface area contributed by atoms with Gasteiger partial charge in [0.2, 0.25) is 0 Å². The molecule has 3 rings (SSSR count). The summed E-state index contributed by atoms with van der Waals surface area (Å²) in [5.41, 5.74) is 4.54. The van der Waals surface area contributed by atoms with E-state index in [2.05, 4.69) is 9.97 Å². The van der Waals surface area contributed by atoms with Gasteiger partial charge in [0.1, 0.15) is 0 Å². The molecule has 1 aromatic carbocycles. The minimum atomic E-state index is -0.350. The predicted octanol–water partition coefficient (Wildman–Crippen LogP) is 3.60. The van der Waals surface area contributed by atoms with Gasteiger partial charge in [-0.15, -0.1) is 0 Å². The number of hydrogen-bond acceptors (Lipinski definition) is 4. The molecule has 0 amide bonds. The van der Waals surface area contributed by atoms with Crippen molar-refractivity contribution in [2.24, 2.45) is 0 Å². The van der Waals surface area contributed by atoms with Gasteiger partial charge >= 0.3 is 5.97 Å². The molecule has 0 radical (unpaired) electrons. The molecule has 0 aliphatic carbocycles. The number of methoxy groups -OCH3 is 1. The van der Waals surface area contributed by atoms with Gasteiger partial charge in [0.05, 0.1) is 12.7 Å². The number of rotatable bonds is 3. The van der Waals surface area contributed by atoms with Crippen molar-refractivity contribution in [1.29, 1.82) is 0 Å². The van der Waals surface area contributed by atoms with E-state index < -0.39 is 0 Å². The third kappa shape index (κ3) is 2.72. The number of pyridine rings is 2. The Morgan fingerprint density at radius 1 is 0.818 bits per heavy atom. The molecular weight excluding hydrogens is 276 g/mol. The molecule has 22 heavy (non-hydrogen) atoms. The van der Waals surface area contributed by atoms with Crippen LogP contribution in [0.15, 0.2) is 67.3 Å². The van der Waals surface area contributed by atoms with E-state index in [0.717, 1.165) is 22.3 Å². The maximum Gasteiger partial charge on any atom is 0.337 e. The predicted molar refractivity (Wildman–Crippen MR) is 84.2 cm³/mol. The maximum absolute atomic E-state index is 11.8. The van der Waals surface area contributed by atoms with Gasteiger partial charge in [-0.25, -0.2) is 4.79 Å². The smallest absolute Gasteiger partial charge is 0.337 e. The summed E-state index contributed by atoms with van der Waals surface area (Å²) in [5.74, 6) is -0.350. The number of carbonyl (C=O) groups is 1. The molecule has 0 atom stereocenters. The van der Waals surface area contributed by atoms with Crippen LogP contribution in [0.1, 0.15) is 10.4 Å². The quantitative estimate of drug-likeness (QED) is 0.692. The van der Waals surface area contributed by atoms with Crippen molar-refractivity contribution < 1.29 is 9.53 Å². The van der Waals surface area contributed by atoms with Crippen molar-refractivity contribution in [1.82, 2.24) is 9.97 Å². The van der Waals surface area contributed by atoms with E-state index in [0.29, 0.717) is 5.56 Å². The zero-order valence-electron chi connectivity index (χ0n) is 12.1. The van der Waals surface area contributed by atoms with Gasteiger partial charge in [-0.1, -0.05) is 6.07 Å². The van der Waals surface area contributed by atoms with Crippen molar-refractivity contribution in [3.8, 4) is 22.3 Å². The number of nitrogens with zero attached hydrogens (tertiary/aromatic N) is 2. The summed E-state index contributed by atoms with van der Waals surface area (Å²) in [5, 5.41) is 0. The minimum Gasteiger partial charge on any atom is -0.465 e. The largest absolute Gasteiger partial charge is 0.465 e. The number of carbonyl (C=O) groups excluding carboxylic acids is 1. The summed E-state index contributed by atoms with van der Waals surface area (Å²) in [6.07, 6.45) is 6.96. The second-order valence-electron chi connectivity index (χ2n) is 4.72. The molecule has 0 aliphatic heterocycles. The van der Waals surface area contributed by atoms with Crippen LogP contribution in [0.5, 0.6) is 0 Å². The zero-order valence-corrected chi connectivity index (χ0v) is 12.1. The van der Waals surface area contributed by atoms with Crippen LogP contribution in [-0.4, -0.2) is 23.0 Å². The zero-order chi connectivity index (χ0) is 15.4. The summed E-state index contributed by atoms with van der Waals surface area (Å²) in [7, 11) is 1.38. The highest BCUT2D eigenvalue weighted by atomic mass is 16.5. The van der Waals surface area contributed by atoms with Crippen LogP contribution in [-0.2, 0) is 4.74 Å². The average molecular weight is 290 g/mol. The first-order valence-corrected chi connectivity index (χ1v) is 6.83. The number of esters is 1. The lowest BCUT2D eigenvalue weighted by atomic mass is 9.94. The SMILES string of the molecule is COC(=O)c1ccc(-c2ccncc2)c(-c2ccncc2)c1. The van der Waals surface area contributed by atoms with Gasteiger partial charge in [-0.2, -0.15) is 0 Å². The number of aromatic nitrogens is 2. The molecule has 2 heterocycles. The minimum absolute atomic E-state index is 0.350. The first kappa shape index (κ1) is 13.9. The molecule has 0 aliphatic rings. The molecule has 0 N–H and O–H groups in total. The third-order valence-electron chi connectivity index (χ3n) is 3.42. The Morgan fingerprint density at radius 2 is 1.36 bits per heavy atom. The molecule has 0 spiro atoms. The van der Waals surface area contributed by atoms with Crippen LogP contribution < -0.4 is 0 Å². The molecule has 108 valence electrons. The Morgan fingerprint density at radius 3 is 1.91 bits per heavy atom. The van der Waals surface area contributed by atoms with Crippen LogP contribution in [0, 0.1) is 0 Å². The van der Waals surface area contributed by atoms with Crippen LogP contribution >= 0.6 is 0 Å². The monoisotopic (exact) mass is 290 g/mol. The first-order valence-electron chi connectivity index (χ1n) is 6.83. The van der Waals surface area contributed by atoms with Crippen molar-refractivity contribution in [2.75, 3.05) is 7.11 Å². The number of hydrogen-bond donors (Lipinski definition) is 0. The van der Waals surface area contributed by atoms with E-state index in [9.17, 15) is 4.79 Å². The topological polar surface area (TPSA) is 52.1 Å². The van der Waals surface area contributed by atoms with Crippen LogP contribution in [0.3, 0.4) is 0 Å². The Kier molecular flexibility index (Phi) is 3.92. The van der Waals surface area contributed by atoms with E-state index >= 15 is 0 Å². The fourth-order valence-corrected chi connectivity index (χ4v) is 2.34. The van der Waals surface area contributed by atoms with Crippen LogP contribution in [0.2, 0.25) is 0 Å². The van der Waals surface area contributed by atoms with E-state index in [1.165, 1.54) is 7.11 Å². The summed E-state index contributed by atoms with van der Waals surface area (Å²) < 4.78 is 4.81. The molecule has 0 saturated heterocycles. The van der Waals surface area contributed by atoms with Crippen molar-refractivity contribution in [3.63, 3.8) is 0 Å². The number of benzene rings is 1. The standard InChI is InChI=1S/C18H14N2O2/c1-22-18(21)15-2-3-16(13-4-8-19-9-5-13)17(12-15)14-6-10-20-11-7-14/h2-12H,1H3. The van der Waals surface area contributed by atoms with Crippen LogP contribution in [0.4, 0.5) is 0 Å². The fraction of sp³-hybridized carbons (Fsp3) is 0.0556. The molecular formula is C18H14N2O2.